The van der Waals surface area contributed by atoms with Crippen LogP contribution in [0.1, 0.15) is 32.5 Å². The van der Waals surface area contributed by atoms with Crippen molar-refractivity contribution in [3.05, 3.63) is 23.1 Å². The fourth-order valence-corrected chi connectivity index (χ4v) is 2.42. The first kappa shape index (κ1) is 15.5. The molecule has 2 aromatic rings. The van der Waals surface area contributed by atoms with Crippen LogP contribution in [0, 0.1) is 0 Å². The van der Waals surface area contributed by atoms with Crippen LogP contribution in [0.5, 0.6) is 0 Å². The Kier molecular flexibility index (Phi) is 5.64. The van der Waals surface area contributed by atoms with Crippen LogP contribution >= 0.6 is 23.2 Å². The summed E-state index contributed by atoms with van der Waals surface area (Å²) in [5, 5.41) is 0.591. The average molecular weight is 316 g/mol. The molecule has 2 aromatic heterocycles. The summed E-state index contributed by atoms with van der Waals surface area (Å²) in [6.45, 7) is 5.71. The van der Waals surface area contributed by atoms with Gasteiger partial charge in [-0.1, -0.05) is 11.6 Å². The predicted octanol–water partition coefficient (Wildman–Crippen LogP) is 4.03. The Balaban J connectivity index is 2.04. The molecule has 2 heterocycles. The molecule has 0 unspecified atom stereocenters. The van der Waals surface area contributed by atoms with Crippen LogP contribution in [-0.4, -0.2) is 27.2 Å². The minimum Gasteiger partial charge on any atom is -0.379 e. The summed E-state index contributed by atoms with van der Waals surface area (Å²) in [4.78, 5) is 8.83. The third-order valence-electron chi connectivity index (χ3n) is 2.98. The van der Waals surface area contributed by atoms with Gasteiger partial charge in [-0.3, -0.25) is 0 Å². The van der Waals surface area contributed by atoms with E-state index in [0.717, 1.165) is 43.0 Å². The molecule has 0 saturated carbocycles. The van der Waals surface area contributed by atoms with E-state index in [4.69, 9.17) is 27.9 Å². The summed E-state index contributed by atoms with van der Waals surface area (Å²) in [6.07, 6.45) is 3.94. The molecule has 0 aliphatic heterocycles. The van der Waals surface area contributed by atoms with Crippen LogP contribution in [0.25, 0.3) is 11.2 Å². The minimum absolute atomic E-state index is 0.284. The number of aryl methyl sites for hydroxylation is 1. The number of nitrogens with zero attached hydrogens (tertiary/aromatic N) is 3. The Hall–Kier alpha value is -0.840. The van der Waals surface area contributed by atoms with Gasteiger partial charge in [-0.05, 0) is 32.8 Å². The van der Waals surface area contributed by atoms with Gasteiger partial charge < -0.3 is 9.30 Å². The van der Waals surface area contributed by atoms with E-state index in [1.807, 2.05) is 19.9 Å². The zero-order chi connectivity index (χ0) is 14.5. The maximum Gasteiger partial charge on any atom is 0.160 e. The second-order valence-corrected chi connectivity index (χ2v) is 5.64. The fraction of sp³-hybridized carbons (Fsp3) is 0.571. The lowest BCUT2D eigenvalue weighted by molar-refractivity contribution is 0.0754. The van der Waals surface area contributed by atoms with Crippen molar-refractivity contribution in [1.82, 2.24) is 14.5 Å². The monoisotopic (exact) mass is 315 g/mol. The Morgan fingerprint density at radius 2 is 2.15 bits per heavy atom. The molecule has 2 rings (SSSR count). The third-order valence-corrected chi connectivity index (χ3v) is 3.42. The summed E-state index contributed by atoms with van der Waals surface area (Å²) >= 11 is 11.9. The number of ether oxygens (including phenoxy) is 1. The molecule has 0 bridgehead atoms. The number of alkyl halides is 1. The smallest absolute Gasteiger partial charge is 0.160 e. The van der Waals surface area contributed by atoms with Gasteiger partial charge >= 0.3 is 0 Å². The number of imidazole rings is 1. The lowest BCUT2D eigenvalue weighted by atomic mass is 10.3. The Labute approximate surface area is 129 Å². The van der Waals surface area contributed by atoms with E-state index in [1.54, 1.807) is 6.20 Å². The average Bonchev–Trinajstić information content (AvgIpc) is 2.75. The molecule has 0 atom stereocenters. The number of fused-ring (bicyclic) bond motifs is 1. The molecule has 0 N–H and O–H groups in total. The fourth-order valence-electron chi connectivity index (χ4n) is 2.06. The highest BCUT2D eigenvalue weighted by molar-refractivity contribution is 6.31. The van der Waals surface area contributed by atoms with Crippen LogP contribution < -0.4 is 0 Å². The maximum absolute atomic E-state index is 5.96. The first-order valence-electron chi connectivity index (χ1n) is 6.80. The van der Waals surface area contributed by atoms with Gasteiger partial charge in [0.05, 0.1) is 17.0 Å². The number of pyridine rings is 1. The first-order chi connectivity index (χ1) is 9.61. The highest BCUT2D eigenvalue weighted by Gasteiger charge is 2.11. The molecule has 0 aromatic carbocycles. The van der Waals surface area contributed by atoms with E-state index in [9.17, 15) is 0 Å². The number of halogens is 2. The van der Waals surface area contributed by atoms with Crippen LogP contribution in [0.4, 0.5) is 0 Å². The number of rotatable bonds is 7. The van der Waals surface area contributed by atoms with Crippen LogP contribution in [0.2, 0.25) is 5.02 Å². The molecular formula is C14H19Cl2N3O. The van der Waals surface area contributed by atoms with Gasteiger partial charge in [0.1, 0.15) is 11.3 Å². The van der Waals surface area contributed by atoms with Gasteiger partial charge in [-0.2, -0.15) is 0 Å². The third kappa shape index (κ3) is 3.84. The number of unbranched alkanes of at least 4 members (excludes halogenated alkanes) is 1. The van der Waals surface area contributed by atoms with E-state index in [-0.39, 0.29) is 6.10 Å². The quantitative estimate of drug-likeness (QED) is 0.572. The highest BCUT2D eigenvalue weighted by atomic mass is 35.5. The summed E-state index contributed by atoms with van der Waals surface area (Å²) in [6, 6.07) is 1.82. The molecule has 0 fully saturated rings. The predicted molar refractivity (Wildman–Crippen MR) is 82.4 cm³/mol. The second-order valence-electron chi connectivity index (χ2n) is 4.94. The summed E-state index contributed by atoms with van der Waals surface area (Å²) < 4.78 is 7.60. The van der Waals surface area contributed by atoms with Crippen molar-refractivity contribution < 1.29 is 4.74 Å². The summed E-state index contributed by atoms with van der Waals surface area (Å²) in [5.41, 5.74) is 1.64. The lowest BCUT2D eigenvalue weighted by Crippen LogP contribution is -2.07. The molecule has 0 aliphatic rings. The normalized spacial score (nSPS) is 11.7. The maximum atomic E-state index is 5.96. The molecule has 4 nitrogen and oxygen atoms in total. The van der Waals surface area contributed by atoms with Crippen molar-refractivity contribution >= 4 is 34.4 Å². The summed E-state index contributed by atoms with van der Waals surface area (Å²) in [7, 11) is 0. The van der Waals surface area contributed by atoms with Crippen LogP contribution in [0.15, 0.2) is 12.3 Å². The highest BCUT2D eigenvalue weighted by Crippen LogP contribution is 2.19. The molecule has 0 radical (unpaired) electrons. The molecule has 110 valence electrons. The first-order valence-corrected chi connectivity index (χ1v) is 7.71. The lowest BCUT2D eigenvalue weighted by Gasteiger charge is -2.09. The van der Waals surface area contributed by atoms with Gasteiger partial charge in [-0.25, -0.2) is 9.97 Å². The molecular weight excluding hydrogens is 297 g/mol. The number of hydrogen-bond acceptors (Lipinski definition) is 3. The number of hydrogen-bond donors (Lipinski definition) is 0. The van der Waals surface area contributed by atoms with E-state index in [2.05, 4.69) is 14.5 Å². The molecule has 6 heteroatoms. The van der Waals surface area contributed by atoms with Crippen molar-refractivity contribution in [2.45, 2.75) is 45.2 Å². The minimum atomic E-state index is 0.284. The van der Waals surface area contributed by atoms with Crippen LogP contribution in [0.3, 0.4) is 0 Å². The van der Waals surface area contributed by atoms with E-state index >= 15 is 0 Å². The van der Waals surface area contributed by atoms with E-state index in [0.29, 0.717) is 10.9 Å². The van der Waals surface area contributed by atoms with Crippen molar-refractivity contribution in [3.63, 3.8) is 0 Å². The Morgan fingerprint density at radius 1 is 1.35 bits per heavy atom. The standard InChI is InChI=1S/C14H19Cl2N3O/c1-10(2)20-6-4-3-5-19-13(8-15)18-12-7-11(16)9-17-14(12)19/h7,9-10H,3-6,8H2,1-2H3. The van der Waals surface area contributed by atoms with Crippen LogP contribution in [-0.2, 0) is 17.2 Å². The van der Waals surface area contributed by atoms with Gasteiger partial charge in [0, 0.05) is 19.3 Å². The molecule has 0 amide bonds. The molecule has 20 heavy (non-hydrogen) atoms. The molecule has 0 saturated heterocycles. The summed E-state index contributed by atoms with van der Waals surface area (Å²) in [5.74, 6) is 1.21. The van der Waals surface area contributed by atoms with Gasteiger partial charge in [0.2, 0.25) is 0 Å². The van der Waals surface area contributed by atoms with Crippen molar-refractivity contribution in [3.8, 4) is 0 Å². The SMILES string of the molecule is CC(C)OCCCCn1c(CCl)nc2cc(Cl)cnc21. The van der Waals surface area contributed by atoms with Gasteiger partial charge in [0.25, 0.3) is 0 Å². The van der Waals surface area contributed by atoms with E-state index in [1.165, 1.54) is 0 Å². The van der Waals surface area contributed by atoms with E-state index < -0.39 is 0 Å². The molecule has 0 aliphatic carbocycles. The zero-order valence-electron chi connectivity index (χ0n) is 11.8. The van der Waals surface area contributed by atoms with Crippen molar-refractivity contribution in [2.24, 2.45) is 0 Å². The Bertz CT molecular complexity index is 569. The van der Waals surface area contributed by atoms with Crippen molar-refractivity contribution in [2.75, 3.05) is 6.61 Å². The largest absolute Gasteiger partial charge is 0.379 e. The zero-order valence-corrected chi connectivity index (χ0v) is 13.3. The topological polar surface area (TPSA) is 39.9 Å². The van der Waals surface area contributed by atoms with Gasteiger partial charge in [0.15, 0.2) is 5.65 Å². The van der Waals surface area contributed by atoms with Gasteiger partial charge in [-0.15, -0.1) is 11.6 Å². The molecule has 0 spiro atoms. The van der Waals surface area contributed by atoms with Crippen molar-refractivity contribution in [1.29, 1.82) is 0 Å². The Morgan fingerprint density at radius 3 is 2.85 bits per heavy atom. The number of aromatic nitrogens is 3. The second kappa shape index (κ2) is 7.25.